The van der Waals surface area contributed by atoms with E-state index in [9.17, 15) is 0 Å². The van der Waals surface area contributed by atoms with Crippen molar-refractivity contribution >= 4 is 30.0 Å². The summed E-state index contributed by atoms with van der Waals surface area (Å²) in [4.78, 5) is 2.32. The molecule has 0 unspecified atom stereocenters. The average molecular weight is 223 g/mol. The second-order valence-corrected chi connectivity index (χ2v) is 4.79. The summed E-state index contributed by atoms with van der Waals surface area (Å²) < 4.78 is 0. The highest BCUT2D eigenvalue weighted by Crippen LogP contribution is 2.17. The van der Waals surface area contributed by atoms with Crippen LogP contribution in [-0.2, 0) is 0 Å². The number of nitrogens with zero attached hydrogens (tertiary/aromatic N) is 1. The van der Waals surface area contributed by atoms with Crippen LogP contribution in [0.1, 0.15) is 0 Å². The van der Waals surface area contributed by atoms with Crippen LogP contribution in [0.15, 0.2) is 24.3 Å². The van der Waals surface area contributed by atoms with Gasteiger partial charge >= 0.3 is 7.12 Å². The number of benzene rings is 1. The van der Waals surface area contributed by atoms with Crippen LogP contribution in [0.3, 0.4) is 0 Å². The van der Waals surface area contributed by atoms with Crippen LogP contribution in [0.25, 0.3) is 0 Å². The smallest absolute Gasteiger partial charge is 0.423 e. The molecule has 1 saturated heterocycles. The van der Waals surface area contributed by atoms with Crippen LogP contribution in [0.4, 0.5) is 5.69 Å². The third-order valence-electron chi connectivity index (χ3n) is 2.57. The lowest BCUT2D eigenvalue weighted by atomic mass is 9.80. The summed E-state index contributed by atoms with van der Waals surface area (Å²) in [5.41, 5.74) is 1.71. The first-order valence-corrected chi connectivity index (χ1v) is 6.21. The Labute approximate surface area is 94.2 Å². The normalized spacial score (nSPS) is 16.5. The molecule has 1 aliphatic heterocycles. The van der Waals surface area contributed by atoms with Gasteiger partial charge in [0.1, 0.15) is 0 Å². The maximum absolute atomic E-state index is 8.96. The van der Waals surface area contributed by atoms with Gasteiger partial charge in [-0.3, -0.25) is 0 Å². The van der Waals surface area contributed by atoms with Crippen molar-refractivity contribution in [1.82, 2.24) is 0 Å². The Hall–Kier alpha value is -0.645. The molecule has 0 radical (unpaired) electrons. The molecule has 0 spiro atoms. The van der Waals surface area contributed by atoms with Crippen LogP contribution in [0.5, 0.6) is 0 Å². The van der Waals surface area contributed by atoms with Crippen LogP contribution >= 0.6 is 11.8 Å². The van der Waals surface area contributed by atoms with Crippen LogP contribution in [0.2, 0.25) is 0 Å². The molecule has 5 heteroatoms. The maximum atomic E-state index is 8.96. The monoisotopic (exact) mass is 223 g/mol. The van der Waals surface area contributed by atoms with Crippen molar-refractivity contribution in [2.45, 2.75) is 0 Å². The highest BCUT2D eigenvalue weighted by Gasteiger charge is 2.13. The van der Waals surface area contributed by atoms with Gasteiger partial charge in [-0.25, -0.2) is 0 Å². The molecule has 1 fully saturated rings. The number of anilines is 1. The lowest BCUT2D eigenvalue weighted by molar-refractivity contribution is 0.426. The molecule has 2 rings (SSSR count). The molecule has 80 valence electrons. The maximum Gasteiger partial charge on any atom is 0.488 e. The number of hydrogen-bond donors (Lipinski definition) is 2. The third-order valence-corrected chi connectivity index (χ3v) is 3.51. The lowest BCUT2D eigenvalue weighted by Crippen LogP contribution is -2.33. The van der Waals surface area contributed by atoms with E-state index in [0.717, 1.165) is 13.1 Å². The van der Waals surface area contributed by atoms with Gasteiger partial charge in [0.05, 0.1) is 0 Å². The Bertz CT molecular complexity index is 312. The topological polar surface area (TPSA) is 43.7 Å². The fourth-order valence-corrected chi connectivity index (χ4v) is 2.58. The minimum atomic E-state index is -1.36. The Morgan fingerprint density at radius 2 is 1.67 bits per heavy atom. The molecule has 0 amide bonds. The van der Waals surface area contributed by atoms with E-state index in [1.807, 2.05) is 23.9 Å². The van der Waals surface area contributed by atoms with Crippen molar-refractivity contribution in [2.75, 3.05) is 29.5 Å². The van der Waals surface area contributed by atoms with Gasteiger partial charge in [0.25, 0.3) is 0 Å². The van der Waals surface area contributed by atoms with Crippen molar-refractivity contribution < 1.29 is 10.0 Å². The minimum Gasteiger partial charge on any atom is -0.423 e. The Morgan fingerprint density at radius 1 is 1.07 bits per heavy atom. The summed E-state index contributed by atoms with van der Waals surface area (Å²) in [5, 5.41) is 17.9. The van der Waals surface area contributed by atoms with Crippen molar-refractivity contribution in [3.63, 3.8) is 0 Å². The molecule has 0 aliphatic carbocycles. The lowest BCUT2D eigenvalue weighted by Gasteiger charge is -2.28. The van der Waals surface area contributed by atoms with Gasteiger partial charge in [-0.1, -0.05) is 12.1 Å². The van der Waals surface area contributed by atoms with E-state index in [1.165, 1.54) is 17.2 Å². The second kappa shape index (κ2) is 4.92. The Balaban J connectivity index is 2.08. The Kier molecular flexibility index (Phi) is 3.56. The van der Waals surface area contributed by atoms with Gasteiger partial charge in [-0.15, -0.1) is 0 Å². The predicted molar refractivity (Wildman–Crippen MR) is 65.8 cm³/mol. The number of thioether (sulfide) groups is 1. The van der Waals surface area contributed by atoms with Crippen molar-refractivity contribution in [3.8, 4) is 0 Å². The zero-order valence-electron chi connectivity index (χ0n) is 8.47. The summed E-state index contributed by atoms with van der Waals surface area (Å²) >= 11 is 1.98. The first-order valence-electron chi connectivity index (χ1n) is 5.06. The first kappa shape index (κ1) is 10.9. The number of hydrogen-bond acceptors (Lipinski definition) is 4. The highest BCUT2D eigenvalue weighted by molar-refractivity contribution is 7.99. The summed E-state index contributed by atoms with van der Waals surface area (Å²) in [6.45, 7) is 2.15. The molecule has 0 saturated carbocycles. The van der Waals surface area contributed by atoms with Gasteiger partial charge in [0, 0.05) is 30.3 Å². The van der Waals surface area contributed by atoms with Gasteiger partial charge in [-0.05, 0) is 17.6 Å². The van der Waals surface area contributed by atoms with E-state index in [2.05, 4.69) is 4.90 Å². The minimum absolute atomic E-state index is 0.546. The largest absolute Gasteiger partial charge is 0.488 e. The fraction of sp³-hybridized carbons (Fsp3) is 0.400. The van der Waals surface area contributed by atoms with Gasteiger partial charge in [-0.2, -0.15) is 11.8 Å². The summed E-state index contributed by atoms with van der Waals surface area (Å²) in [6.07, 6.45) is 0. The molecule has 2 N–H and O–H groups in total. The van der Waals surface area contributed by atoms with E-state index in [0.29, 0.717) is 5.46 Å². The highest BCUT2D eigenvalue weighted by atomic mass is 32.2. The SMILES string of the molecule is OB(O)c1ccc(N2CCSCC2)cc1. The zero-order chi connectivity index (χ0) is 10.7. The summed E-state index contributed by atoms with van der Waals surface area (Å²) in [5.74, 6) is 2.34. The fourth-order valence-electron chi connectivity index (χ4n) is 1.68. The summed E-state index contributed by atoms with van der Waals surface area (Å²) in [7, 11) is -1.36. The second-order valence-electron chi connectivity index (χ2n) is 3.56. The third kappa shape index (κ3) is 2.68. The van der Waals surface area contributed by atoms with Crippen LogP contribution in [-0.4, -0.2) is 41.8 Å². The van der Waals surface area contributed by atoms with Gasteiger partial charge in [0.2, 0.25) is 0 Å². The van der Waals surface area contributed by atoms with Crippen LogP contribution in [0, 0.1) is 0 Å². The molecule has 1 aromatic rings. The number of rotatable bonds is 2. The van der Waals surface area contributed by atoms with Crippen LogP contribution < -0.4 is 10.4 Å². The van der Waals surface area contributed by atoms with Gasteiger partial charge < -0.3 is 14.9 Å². The Morgan fingerprint density at radius 3 is 2.20 bits per heavy atom. The average Bonchev–Trinajstić information content (AvgIpc) is 2.30. The molecule has 0 atom stereocenters. The quantitative estimate of drug-likeness (QED) is 0.688. The molecule has 1 heterocycles. The van der Waals surface area contributed by atoms with E-state index in [-0.39, 0.29) is 0 Å². The van der Waals surface area contributed by atoms with E-state index in [1.54, 1.807) is 12.1 Å². The summed E-state index contributed by atoms with van der Waals surface area (Å²) in [6, 6.07) is 7.43. The van der Waals surface area contributed by atoms with Crippen molar-refractivity contribution in [3.05, 3.63) is 24.3 Å². The molecule has 1 aliphatic rings. The molecule has 3 nitrogen and oxygen atoms in total. The van der Waals surface area contributed by atoms with E-state index < -0.39 is 7.12 Å². The predicted octanol–water partition coefficient (Wildman–Crippen LogP) is -0.0804. The molecule has 1 aromatic carbocycles. The van der Waals surface area contributed by atoms with Gasteiger partial charge in [0.15, 0.2) is 0 Å². The van der Waals surface area contributed by atoms with E-state index >= 15 is 0 Å². The molecule has 15 heavy (non-hydrogen) atoms. The standard InChI is InChI=1S/C10H14BNO2S/c13-11(14)9-1-3-10(4-2-9)12-5-7-15-8-6-12/h1-4,13-14H,5-8H2. The van der Waals surface area contributed by atoms with Crippen molar-refractivity contribution in [1.29, 1.82) is 0 Å². The van der Waals surface area contributed by atoms with Crippen molar-refractivity contribution in [2.24, 2.45) is 0 Å². The molecular weight excluding hydrogens is 209 g/mol. The molecule has 0 aromatic heterocycles. The molecule has 0 bridgehead atoms. The van der Waals surface area contributed by atoms with E-state index in [4.69, 9.17) is 10.0 Å². The first-order chi connectivity index (χ1) is 7.27. The zero-order valence-corrected chi connectivity index (χ0v) is 9.28. The molecular formula is C10H14BNO2S.